The molecule has 0 saturated carbocycles. The minimum atomic E-state index is 0.806. The van der Waals surface area contributed by atoms with Crippen molar-refractivity contribution in [2.45, 2.75) is 26.8 Å². The van der Waals surface area contributed by atoms with Crippen LogP contribution < -0.4 is 0 Å². The molecule has 1 N–H and O–H groups in total. The molecule has 2 aromatic rings. The van der Waals surface area contributed by atoms with Crippen molar-refractivity contribution in [3.8, 4) is 0 Å². The molecule has 0 spiro atoms. The smallest absolute Gasteiger partial charge is 0.178 e. The molecule has 1 heterocycles. The topological polar surface area (TPSA) is 24.0 Å². The second-order valence-electron chi connectivity index (χ2n) is 4.68. The van der Waals surface area contributed by atoms with Gasteiger partial charge in [0.2, 0.25) is 0 Å². The van der Waals surface area contributed by atoms with Crippen LogP contribution in [-0.4, -0.2) is 34.1 Å². The number of fused-ring (bicyclic) bond motifs is 1. The third-order valence-corrected chi connectivity index (χ3v) is 4.18. The summed E-state index contributed by atoms with van der Waals surface area (Å²) in [7, 11) is 0. The molecular weight excluding hydrogens is 322 g/mol. The molecule has 1 aromatic heterocycles. The van der Waals surface area contributed by atoms with E-state index in [1.165, 1.54) is 11.9 Å². The molecule has 1 aromatic carbocycles. The maximum atomic E-state index is 5.42. The molecule has 2 rings (SSSR count). The van der Waals surface area contributed by atoms with E-state index in [9.17, 15) is 0 Å². The van der Waals surface area contributed by atoms with Gasteiger partial charge in [-0.1, -0.05) is 29.8 Å². The first-order valence-corrected chi connectivity index (χ1v) is 7.96. The predicted molar refractivity (Wildman–Crippen MR) is 87.2 cm³/mol. The van der Waals surface area contributed by atoms with Gasteiger partial charge in [0.05, 0.1) is 11.0 Å². The van der Waals surface area contributed by atoms with Gasteiger partial charge in [-0.15, -0.1) is 0 Å². The summed E-state index contributed by atoms with van der Waals surface area (Å²) in [4.78, 5) is 5.72. The fourth-order valence-corrected chi connectivity index (χ4v) is 2.98. The number of imidazole rings is 1. The minimum Gasteiger partial charge on any atom is -0.331 e. The molecule has 3 nitrogen and oxygen atoms in total. The van der Waals surface area contributed by atoms with Gasteiger partial charge in [-0.3, -0.25) is 0 Å². The zero-order chi connectivity index (χ0) is 13.8. The summed E-state index contributed by atoms with van der Waals surface area (Å²) in [5, 5.41) is 0. The first kappa shape index (κ1) is 14.8. The van der Waals surface area contributed by atoms with E-state index in [0.29, 0.717) is 0 Å². The van der Waals surface area contributed by atoms with E-state index in [-0.39, 0.29) is 0 Å². The number of hydrogen-bond acceptors (Lipinski definition) is 2. The van der Waals surface area contributed by atoms with Crippen molar-refractivity contribution in [1.82, 2.24) is 14.5 Å². The van der Waals surface area contributed by atoms with Crippen LogP contribution in [0.2, 0.25) is 0 Å². The molecule has 19 heavy (non-hydrogen) atoms. The van der Waals surface area contributed by atoms with E-state index < -0.39 is 0 Å². The van der Waals surface area contributed by atoms with Crippen LogP contribution in [0.5, 0.6) is 0 Å². The van der Waals surface area contributed by atoms with Crippen molar-refractivity contribution in [2.75, 3.05) is 19.6 Å². The SMILES string of the molecule is CCCN(CC)CCn1c(=S)[nH]c2ccc(Br)cc21. The number of aromatic nitrogens is 2. The molecule has 0 aliphatic carbocycles. The summed E-state index contributed by atoms with van der Waals surface area (Å²) in [6, 6.07) is 6.22. The summed E-state index contributed by atoms with van der Waals surface area (Å²) >= 11 is 8.95. The molecular formula is C14H20BrN3S. The standard InChI is InChI=1S/C14H20BrN3S/c1-3-7-17(4-2)8-9-18-13-10-11(15)5-6-12(13)16-14(18)19/h5-6,10H,3-4,7-9H2,1-2H3,(H,16,19). The van der Waals surface area contributed by atoms with Gasteiger partial charge >= 0.3 is 0 Å². The number of likely N-dealkylation sites (N-methyl/N-ethyl adjacent to an activating group) is 1. The number of aromatic amines is 1. The number of H-pyrrole nitrogens is 1. The first-order valence-electron chi connectivity index (χ1n) is 6.76. The zero-order valence-corrected chi connectivity index (χ0v) is 13.9. The van der Waals surface area contributed by atoms with Crippen LogP contribution >= 0.6 is 28.1 Å². The van der Waals surface area contributed by atoms with Crippen molar-refractivity contribution in [3.63, 3.8) is 0 Å². The summed E-state index contributed by atoms with van der Waals surface area (Å²) in [5.41, 5.74) is 2.28. The van der Waals surface area contributed by atoms with E-state index in [1.54, 1.807) is 0 Å². The molecule has 0 atom stereocenters. The largest absolute Gasteiger partial charge is 0.331 e. The molecule has 0 aliphatic heterocycles. The predicted octanol–water partition coefficient (Wildman–Crippen LogP) is 4.19. The van der Waals surface area contributed by atoms with Gasteiger partial charge in [0, 0.05) is 17.6 Å². The maximum Gasteiger partial charge on any atom is 0.178 e. The summed E-state index contributed by atoms with van der Waals surface area (Å²) in [6.45, 7) is 8.64. The van der Waals surface area contributed by atoms with Gasteiger partial charge in [0.1, 0.15) is 0 Å². The Morgan fingerprint density at radius 1 is 1.32 bits per heavy atom. The highest BCUT2D eigenvalue weighted by molar-refractivity contribution is 9.10. The maximum absolute atomic E-state index is 5.42. The summed E-state index contributed by atoms with van der Waals surface area (Å²) in [6.07, 6.45) is 1.19. The molecule has 104 valence electrons. The number of hydrogen-bond donors (Lipinski definition) is 1. The first-order chi connectivity index (χ1) is 9.15. The monoisotopic (exact) mass is 341 g/mol. The Morgan fingerprint density at radius 2 is 2.11 bits per heavy atom. The number of halogens is 1. The van der Waals surface area contributed by atoms with Gasteiger partial charge in [-0.2, -0.15) is 0 Å². The highest BCUT2D eigenvalue weighted by Crippen LogP contribution is 2.19. The lowest BCUT2D eigenvalue weighted by Gasteiger charge is -2.19. The highest BCUT2D eigenvalue weighted by Gasteiger charge is 2.07. The van der Waals surface area contributed by atoms with Crippen molar-refractivity contribution >= 4 is 39.2 Å². The second-order valence-corrected chi connectivity index (χ2v) is 5.98. The Bertz CT molecular complexity index is 602. The van der Waals surface area contributed by atoms with Crippen LogP contribution in [-0.2, 0) is 6.54 Å². The van der Waals surface area contributed by atoms with E-state index >= 15 is 0 Å². The van der Waals surface area contributed by atoms with Gasteiger partial charge in [0.25, 0.3) is 0 Å². The molecule has 0 bridgehead atoms. The normalized spacial score (nSPS) is 11.6. The fraction of sp³-hybridized carbons (Fsp3) is 0.500. The number of benzene rings is 1. The van der Waals surface area contributed by atoms with E-state index in [4.69, 9.17) is 12.2 Å². The Kier molecular flexibility index (Phi) is 5.19. The lowest BCUT2D eigenvalue weighted by Crippen LogP contribution is -2.28. The van der Waals surface area contributed by atoms with Crippen molar-refractivity contribution in [3.05, 3.63) is 27.4 Å². The summed E-state index contributed by atoms with van der Waals surface area (Å²) < 4.78 is 4.08. The highest BCUT2D eigenvalue weighted by atomic mass is 79.9. The molecule has 0 aliphatic rings. The quantitative estimate of drug-likeness (QED) is 0.796. The van der Waals surface area contributed by atoms with Gasteiger partial charge in [-0.05, 0) is 49.9 Å². The fourth-order valence-electron chi connectivity index (χ4n) is 2.33. The van der Waals surface area contributed by atoms with Crippen LogP contribution in [0.1, 0.15) is 20.3 Å². The molecule has 0 amide bonds. The van der Waals surface area contributed by atoms with Gasteiger partial charge in [-0.25, -0.2) is 0 Å². The molecule has 0 fully saturated rings. The van der Waals surface area contributed by atoms with E-state index in [0.717, 1.165) is 40.9 Å². The number of rotatable bonds is 6. The summed E-state index contributed by atoms with van der Waals surface area (Å²) in [5.74, 6) is 0. The second kappa shape index (κ2) is 6.68. The van der Waals surface area contributed by atoms with Gasteiger partial charge < -0.3 is 14.5 Å². The average molecular weight is 342 g/mol. The lowest BCUT2D eigenvalue weighted by molar-refractivity contribution is 0.277. The Labute approximate surface area is 127 Å². The lowest BCUT2D eigenvalue weighted by atomic mass is 10.3. The molecule has 0 saturated heterocycles. The van der Waals surface area contributed by atoms with Crippen LogP contribution in [0, 0.1) is 4.77 Å². The Balaban J connectivity index is 2.22. The van der Waals surface area contributed by atoms with Crippen molar-refractivity contribution in [2.24, 2.45) is 0 Å². The van der Waals surface area contributed by atoms with E-state index in [2.05, 4.69) is 56.4 Å². The molecule has 5 heteroatoms. The van der Waals surface area contributed by atoms with Crippen LogP contribution in [0.3, 0.4) is 0 Å². The van der Waals surface area contributed by atoms with Crippen LogP contribution in [0.4, 0.5) is 0 Å². The Morgan fingerprint density at radius 3 is 2.79 bits per heavy atom. The average Bonchev–Trinajstić information content (AvgIpc) is 2.70. The van der Waals surface area contributed by atoms with Crippen molar-refractivity contribution in [1.29, 1.82) is 0 Å². The number of nitrogens with one attached hydrogen (secondary N) is 1. The van der Waals surface area contributed by atoms with Crippen molar-refractivity contribution < 1.29 is 0 Å². The minimum absolute atomic E-state index is 0.806. The number of nitrogens with zero attached hydrogens (tertiary/aromatic N) is 2. The van der Waals surface area contributed by atoms with Crippen LogP contribution in [0.15, 0.2) is 22.7 Å². The zero-order valence-electron chi connectivity index (χ0n) is 11.4. The third kappa shape index (κ3) is 3.46. The van der Waals surface area contributed by atoms with Gasteiger partial charge in [0.15, 0.2) is 4.77 Å². The third-order valence-electron chi connectivity index (χ3n) is 3.36. The Hall–Kier alpha value is -0.650. The van der Waals surface area contributed by atoms with Crippen LogP contribution in [0.25, 0.3) is 11.0 Å². The van der Waals surface area contributed by atoms with E-state index in [1.807, 2.05) is 6.07 Å². The molecule has 0 radical (unpaired) electrons. The molecule has 0 unspecified atom stereocenters.